The molecule has 1 unspecified atom stereocenters. The molecule has 0 spiro atoms. The molecule has 0 aromatic heterocycles. The van der Waals surface area contributed by atoms with Crippen LogP contribution in [-0.4, -0.2) is 14.2 Å². The Balaban J connectivity index is 2.86. The van der Waals surface area contributed by atoms with Crippen molar-refractivity contribution in [2.24, 2.45) is 0 Å². The van der Waals surface area contributed by atoms with Crippen LogP contribution in [0.1, 0.15) is 18.5 Å². The summed E-state index contributed by atoms with van der Waals surface area (Å²) in [7, 11) is 3.25. The Morgan fingerprint density at radius 2 is 1.67 bits per heavy atom. The number of methoxy groups -OCH3 is 2. The standard InChI is InChI=1S/C15H15NO2/c1-10(16-2)15-12-8-6-5-7-11(12)13(17-3)9-14(15)18-4/h5-10H,1,3-4H3. The molecule has 0 aliphatic carbocycles. The van der Waals surface area contributed by atoms with Gasteiger partial charge < -0.3 is 14.3 Å². The van der Waals surface area contributed by atoms with Crippen LogP contribution in [0.15, 0.2) is 30.3 Å². The first-order valence-corrected chi connectivity index (χ1v) is 5.73. The lowest BCUT2D eigenvalue weighted by Crippen LogP contribution is -1.98. The van der Waals surface area contributed by atoms with E-state index in [2.05, 4.69) is 4.85 Å². The quantitative estimate of drug-likeness (QED) is 0.762. The van der Waals surface area contributed by atoms with Gasteiger partial charge in [0.25, 0.3) is 0 Å². The Kier molecular flexibility index (Phi) is 3.38. The highest BCUT2D eigenvalue weighted by Gasteiger charge is 2.21. The van der Waals surface area contributed by atoms with Crippen molar-refractivity contribution < 1.29 is 9.47 Å². The molecule has 2 aromatic carbocycles. The second kappa shape index (κ2) is 4.97. The largest absolute Gasteiger partial charge is 0.496 e. The molecule has 1 atom stereocenters. The third-order valence-corrected chi connectivity index (χ3v) is 3.06. The molecule has 0 aliphatic heterocycles. The van der Waals surface area contributed by atoms with Gasteiger partial charge in [0.15, 0.2) is 0 Å². The van der Waals surface area contributed by atoms with Gasteiger partial charge in [0.2, 0.25) is 6.04 Å². The van der Waals surface area contributed by atoms with Crippen LogP contribution < -0.4 is 9.47 Å². The maximum Gasteiger partial charge on any atom is 0.250 e. The lowest BCUT2D eigenvalue weighted by molar-refractivity contribution is 0.394. The Bertz CT molecular complexity index is 614. The van der Waals surface area contributed by atoms with Gasteiger partial charge in [-0.1, -0.05) is 24.3 Å². The van der Waals surface area contributed by atoms with Crippen LogP contribution in [0.5, 0.6) is 11.5 Å². The SMILES string of the molecule is [C-]#[N+]C(C)c1c(OC)cc(OC)c2ccccc12. The maximum atomic E-state index is 7.23. The monoisotopic (exact) mass is 241 g/mol. The van der Waals surface area contributed by atoms with Gasteiger partial charge in [-0.05, 0) is 0 Å². The molecular weight excluding hydrogens is 226 g/mol. The molecule has 0 aliphatic rings. The summed E-state index contributed by atoms with van der Waals surface area (Å²) in [4.78, 5) is 3.60. The van der Waals surface area contributed by atoms with Gasteiger partial charge in [0, 0.05) is 23.8 Å². The van der Waals surface area contributed by atoms with Crippen molar-refractivity contribution in [1.82, 2.24) is 0 Å². The van der Waals surface area contributed by atoms with Crippen LogP contribution in [0.25, 0.3) is 15.6 Å². The normalized spacial score (nSPS) is 11.9. The van der Waals surface area contributed by atoms with Gasteiger partial charge in [-0.25, -0.2) is 6.57 Å². The third kappa shape index (κ3) is 1.86. The van der Waals surface area contributed by atoms with E-state index in [4.69, 9.17) is 16.0 Å². The van der Waals surface area contributed by atoms with E-state index >= 15 is 0 Å². The number of fused-ring (bicyclic) bond motifs is 1. The fraction of sp³-hybridized carbons (Fsp3) is 0.267. The topological polar surface area (TPSA) is 22.8 Å². The van der Waals surface area contributed by atoms with Gasteiger partial charge in [0.1, 0.15) is 11.5 Å². The van der Waals surface area contributed by atoms with E-state index in [1.165, 1.54) is 0 Å². The minimum Gasteiger partial charge on any atom is -0.496 e. The van der Waals surface area contributed by atoms with Gasteiger partial charge >= 0.3 is 0 Å². The highest BCUT2D eigenvalue weighted by molar-refractivity contribution is 5.93. The lowest BCUT2D eigenvalue weighted by atomic mass is 9.98. The molecule has 0 radical (unpaired) electrons. The van der Waals surface area contributed by atoms with Gasteiger partial charge in [-0.2, -0.15) is 0 Å². The minimum atomic E-state index is -0.240. The summed E-state index contributed by atoms with van der Waals surface area (Å²) >= 11 is 0. The van der Waals surface area contributed by atoms with Crippen molar-refractivity contribution >= 4 is 10.8 Å². The molecule has 3 heteroatoms. The summed E-state index contributed by atoms with van der Waals surface area (Å²) in [6, 6.07) is 9.52. The summed E-state index contributed by atoms with van der Waals surface area (Å²) in [6.07, 6.45) is 0. The van der Waals surface area contributed by atoms with E-state index in [1.807, 2.05) is 37.3 Å². The zero-order valence-electron chi connectivity index (χ0n) is 10.7. The molecule has 18 heavy (non-hydrogen) atoms. The number of nitrogens with zero attached hydrogens (tertiary/aromatic N) is 1. The predicted octanol–water partition coefficient (Wildman–Crippen LogP) is 3.84. The van der Waals surface area contributed by atoms with Gasteiger partial charge in [-0.3, -0.25) is 0 Å². The molecule has 0 saturated heterocycles. The smallest absolute Gasteiger partial charge is 0.250 e. The molecule has 0 N–H and O–H groups in total. The first-order valence-electron chi connectivity index (χ1n) is 5.73. The van der Waals surface area contributed by atoms with E-state index in [0.29, 0.717) is 5.75 Å². The minimum absolute atomic E-state index is 0.240. The van der Waals surface area contributed by atoms with E-state index in [-0.39, 0.29) is 6.04 Å². The fourth-order valence-electron chi connectivity index (χ4n) is 2.17. The molecular formula is C15H15NO2. The van der Waals surface area contributed by atoms with Crippen LogP contribution in [0.3, 0.4) is 0 Å². The Morgan fingerprint density at radius 3 is 2.22 bits per heavy atom. The maximum absolute atomic E-state index is 7.23. The molecule has 2 rings (SSSR count). The van der Waals surface area contributed by atoms with Gasteiger partial charge in [0.05, 0.1) is 19.8 Å². The van der Waals surface area contributed by atoms with E-state index < -0.39 is 0 Å². The number of hydrogen-bond acceptors (Lipinski definition) is 2. The summed E-state index contributed by atoms with van der Waals surface area (Å²) in [5, 5.41) is 2.02. The summed E-state index contributed by atoms with van der Waals surface area (Å²) < 4.78 is 10.8. The highest BCUT2D eigenvalue weighted by atomic mass is 16.5. The Hall–Kier alpha value is -2.21. The van der Waals surface area contributed by atoms with Crippen LogP contribution in [0, 0.1) is 6.57 Å². The Morgan fingerprint density at radius 1 is 1.06 bits per heavy atom. The molecule has 0 bridgehead atoms. The average Bonchev–Trinajstić information content (AvgIpc) is 2.44. The van der Waals surface area contributed by atoms with Crippen LogP contribution >= 0.6 is 0 Å². The zero-order valence-corrected chi connectivity index (χ0v) is 10.7. The van der Waals surface area contributed by atoms with Crippen molar-refractivity contribution in [3.05, 3.63) is 47.3 Å². The molecule has 3 nitrogen and oxygen atoms in total. The molecule has 2 aromatic rings. The van der Waals surface area contributed by atoms with E-state index in [0.717, 1.165) is 22.1 Å². The van der Waals surface area contributed by atoms with Crippen molar-refractivity contribution in [2.75, 3.05) is 14.2 Å². The van der Waals surface area contributed by atoms with Gasteiger partial charge in [-0.15, -0.1) is 0 Å². The molecule has 0 fully saturated rings. The van der Waals surface area contributed by atoms with E-state index in [9.17, 15) is 0 Å². The average molecular weight is 241 g/mol. The predicted molar refractivity (Wildman–Crippen MR) is 72.1 cm³/mol. The molecule has 0 amide bonds. The van der Waals surface area contributed by atoms with Crippen LogP contribution in [-0.2, 0) is 0 Å². The fourth-order valence-corrected chi connectivity index (χ4v) is 2.17. The number of hydrogen-bond donors (Lipinski definition) is 0. The molecule has 0 saturated carbocycles. The lowest BCUT2D eigenvalue weighted by Gasteiger charge is -2.14. The Labute approximate surface area is 107 Å². The second-order valence-electron chi connectivity index (χ2n) is 4.05. The number of rotatable bonds is 3. The second-order valence-corrected chi connectivity index (χ2v) is 4.05. The number of benzene rings is 2. The number of ether oxygens (including phenoxy) is 2. The first kappa shape index (κ1) is 12.3. The van der Waals surface area contributed by atoms with Crippen LogP contribution in [0.4, 0.5) is 0 Å². The molecule has 92 valence electrons. The summed E-state index contributed by atoms with van der Waals surface area (Å²) in [5.74, 6) is 1.47. The summed E-state index contributed by atoms with van der Waals surface area (Å²) in [6.45, 7) is 9.11. The summed E-state index contributed by atoms with van der Waals surface area (Å²) in [5.41, 5.74) is 0.920. The van der Waals surface area contributed by atoms with Crippen molar-refractivity contribution in [3.8, 4) is 11.5 Å². The molecule has 0 heterocycles. The van der Waals surface area contributed by atoms with Crippen molar-refractivity contribution in [1.29, 1.82) is 0 Å². The van der Waals surface area contributed by atoms with Crippen LogP contribution in [0.2, 0.25) is 0 Å². The first-order chi connectivity index (χ1) is 8.72. The highest BCUT2D eigenvalue weighted by Crippen LogP contribution is 2.39. The zero-order chi connectivity index (χ0) is 13.1. The van der Waals surface area contributed by atoms with E-state index in [1.54, 1.807) is 14.2 Å². The third-order valence-electron chi connectivity index (χ3n) is 3.06. The van der Waals surface area contributed by atoms with Crippen molar-refractivity contribution in [3.63, 3.8) is 0 Å². The van der Waals surface area contributed by atoms with Crippen molar-refractivity contribution in [2.45, 2.75) is 13.0 Å².